The number of carbonyl (C=O) groups is 1. The van der Waals surface area contributed by atoms with Crippen molar-refractivity contribution in [1.82, 2.24) is 39.3 Å². The van der Waals surface area contributed by atoms with Gasteiger partial charge in [0.2, 0.25) is 5.95 Å². The minimum absolute atomic E-state index is 0.0216. The number of nitrogens with zero attached hydrogens (tertiary/aromatic N) is 7. The number of Topliss-reactive ketones (excluding diaryl/α,β-unsaturated/α-hetero) is 1. The molecule has 0 fully saturated rings. The zero-order valence-corrected chi connectivity index (χ0v) is 16.2. The minimum Gasteiger partial charge on any atom is -0.293 e. The molecule has 4 heterocycles. The van der Waals surface area contributed by atoms with E-state index in [9.17, 15) is 4.79 Å². The van der Waals surface area contributed by atoms with Crippen molar-refractivity contribution in [2.75, 3.05) is 5.75 Å². The summed E-state index contributed by atoms with van der Waals surface area (Å²) in [6, 6.07) is 3.84. The molecule has 0 radical (unpaired) electrons. The predicted octanol–water partition coefficient (Wildman–Crippen LogP) is 2.24. The molecule has 0 bridgehead atoms. The molecule has 0 saturated carbocycles. The smallest absolute Gasteiger partial charge is 0.256 e. The number of rotatable bonds is 5. The fourth-order valence-corrected chi connectivity index (χ4v) is 4.05. The van der Waals surface area contributed by atoms with Gasteiger partial charge in [-0.2, -0.15) is 10.1 Å². The van der Waals surface area contributed by atoms with Crippen molar-refractivity contribution in [2.24, 2.45) is 0 Å². The Labute approximate surface area is 159 Å². The monoisotopic (exact) mass is 382 g/mol. The molecule has 138 valence electrons. The van der Waals surface area contributed by atoms with Crippen LogP contribution in [0.25, 0.3) is 11.7 Å². The highest BCUT2D eigenvalue weighted by Crippen LogP contribution is 2.23. The van der Waals surface area contributed by atoms with Gasteiger partial charge in [-0.15, -0.1) is 10.2 Å². The van der Waals surface area contributed by atoms with E-state index in [1.165, 1.54) is 18.1 Å². The molecule has 0 atom stereocenters. The number of ketones is 1. The molecule has 0 unspecified atom stereocenters. The summed E-state index contributed by atoms with van der Waals surface area (Å²) in [4.78, 5) is 21.4. The van der Waals surface area contributed by atoms with Gasteiger partial charge in [-0.1, -0.05) is 11.8 Å². The summed E-state index contributed by atoms with van der Waals surface area (Å²) in [7, 11) is 0. The fourth-order valence-electron chi connectivity index (χ4n) is 3.18. The van der Waals surface area contributed by atoms with Crippen LogP contribution in [0.3, 0.4) is 0 Å². The van der Waals surface area contributed by atoms with E-state index in [2.05, 4.69) is 30.4 Å². The first kappa shape index (κ1) is 17.4. The Balaban J connectivity index is 1.58. The van der Waals surface area contributed by atoms with E-state index in [4.69, 9.17) is 0 Å². The predicted molar refractivity (Wildman–Crippen MR) is 100 cm³/mol. The summed E-state index contributed by atoms with van der Waals surface area (Å²) < 4.78 is 3.75. The molecule has 0 amide bonds. The Morgan fingerprint density at radius 2 is 1.96 bits per heavy atom. The molecule has 0 aliphatic rings. The van der Waals surface area contributed by atoms with Crippen LogP contribution in [0, 0.1) is 27.7 Å². The third kappa shape index (κ3) is 3.01. The second kappa shape index (κ2) is 6.62. The fraction of sp³-hybridized carbons (Fsp3) is 0.294. The van der Waals surface area contributed by atoms with Crippen molar-refractivity contribution in [3.8, 4) is 5.95 Å². The van der Waals surface area contributed by atoms with Crippen molar-refractivity contribution >= 4 is 23.3 Å². The van der Waals surface area contributed by atoms with E-state index in [0.717, 1.165) is 22.8 Å². The summed E-state index contributed by atoms with van der Waals surface area (Å²) in [6.45, 7) is 7.73. The largest absolute Gasteiger partial charge is 0.293 e. The van der Waals surface area contributed by atoms with Crippen LogP contribution in [0.4, 0.5) is 0 Å². The van der Waals surface area contributed by atoms with E-state index in [-0.39, 0.29) is 11.5 Å². The Bertz CT molecular complexity index is 1140. The lowest BCUT2D eigenvalue weighted by molar-refractivity contribution is 0.102. The Kier molecular flexibility index (Phi) is 4.27. The summed E-state index contributed by atoms with van der Waals surface area (Å²) in [5.74, 6) is 1.42. The van der Waals surface area contributed by atoms with Crippen molar-refractivity contribution in [2.45, 2.75) is 32.9 Å². The maximum absolute atomic E-state index is 12.8. The van der Waals surface area contributed by atoms with Crippen molar-refractivity contribution in [1.29, 1.82) is 0 Å². The van der Waals surface area contributed by atoms with Crippen LogP contribution in [0.1, 0.15) is 33.1 Å². The van der Waals surface area contributed by atoms with Gasteiger partial charge in [-0.25, -0.2) is 10.1 Å². The summed E-state index contributed by atoms with van der Waals surface area (Å²) in [5, 5.41) is 15.7. The van der Waals surface area contributed by atoms with Crippen LogP contribution >= 0.6 is 11.8 Å². The lowest BCUT2D eigenvalue weighted by Gasteiger charge is -2.05. The molecule has 4 rings (SSSR count). The number of H-pyrrole nitrogens is 1. The standard InChI is InChI=1S/C17H18N8OS/c1-9-5-10(2)25-16(20-9)22-23-17(25)27-7-14(26)13-6-11(3)24(12(13)4)15-18-8-19-21-15/h5-6,8H,7H2,1-4H3,(H,18,19,21). The van der Waals surface area contributed by atoms with Gasteiger partial charge in [-0.05, 0) is 39.8 Å². The molecule has 27 heavy (non-hydrogen) atoms. The molecule has 9 nitrogen and oxygen atoms in total. The first-order valence-electron chi connectivity index (χ1n) is 8.35. The SMILES string of the molecule is Cc1cc(C)n2c(SCC(=O)c3cc(C)n(-c4ncn[nH]4)c3C)nnc2n1. The molecule has 10 heteroatoms. The van der Waals surface area contributed by atoms with Crippen molar-refractivity contribution in [3.63, 3.8) is 0 Å². The molecule has 0 aliphatic heterocycles. The number of carbonyl (C=O) groups excluding carboxylic acids is 1. The Morgan fingerprint density at radius 3 is 2.70 bits per heavy atom. The highest BCUT2D eigenvalue weighted by Gasteiger charge is 2.19. The number of aromatic nitrogens is 8. The van der Waals surface area contributed by atoms with Gasteiger partial charge in [-0.3, -0.25) is 13.8 Å². The zero-order chi connectivity index (χ0) is 19.1. The Hall–Kier alpha value is -3.01. The number of aryl methyl sites for hydroxylation is 3. The lowest BCUT2D eigenvalue weighted by atomic mass is 10.2. The summed E-state index contributed by atoms with van der Waals surface area (Å²) in [5.41, 5.74) is 4.28. The summed E-state index contributed by atoms with van der Waals surface area (Å²) >= 11 is 1.36. The molecular formula is C17H18N8OS. The third-order valence-corrected chi connectivity index (χ3v) is 5.27. The normalized spacial score (nSPS) is 11.4. The van der Waals surface area contributed by atoms with Gasteiger partial charge in [0.05, 0.1) is 5.75 Å². The summed E-state index contributed by atoms with van der Waals surface area (Å²) in [6.07, 6.45) is 1.44. The Morgan fingerprint density at radius 1 is 1.15 bits per heavy atom. The topological polar surface area (TPSA) is 107 Å². The second-order valence-electron chi connectivity index (χ2n) is 6.30. The number of aromatic amines is 1. The van der Waals surface area contributed by atoms with Crippen LogP contribution in [0.15, 0.2) is 23.6 Å². The van der Waals surface area contributed by atoms with E-state index in [1.54, 1.807) is 0 Å². The average Bonchev–Trinajstić information content (AvgIpc) is 3.32. The highest BCUT2D eigenvalue weighted by atomic mass is 32.2. The third-order valence-electron chi connectivity index (χ3n) is 4.34. The second-order valence-corrected chi connectivity index (χ2v) is 7.24. The van der Waals surface area contributed by atoms with Gasteiger partial charge in [0.25, 0.3) is 5.78 Å². The van der Waals surface area contributed by atoms with Crippen LogP contribution in [0.2, 0.25) is 0 Å². The van der Waals surface area contributed by atoms with Gasteiger partial charge in [0.15, 0.2) is 10.9 Å². The van der Waals surface area contributed by atoms with Crippen LogP contribution < -0.4 is 0 Å². The van der Waals surface area contributed by atoms with E-state index in [0.29, 0.717) is 22.4 Å². The molecule has 0 saturated heterocycles. The first-order chi connectivity index (χ1) is 13.0. The zero-order valence-electron chi connectivity index (χ0n) is 15.4. The number of hydrogen-bond acceptors (Lipinski definition) is 7. The maximum Gasteiger partial charge on any atom is 0.256 e. The highest BCUT2D eigenvalue weighted by molar-refractivity contribution is 7.99. The average molecular weight is 382 g/mol. The molecule has 1 N–H and O–H groups in total. The maximum atomic E-state index is 12.8. The van der Waals surface area contributed by atoms with Crippen molar-refractivity contribution in [3.05, 3.63) is 46.8 Å². The number of fused-ring (bicyclic) bond motifs is 1. The molecule has 0 aliphatic carbocycles. The molecule has 4 aromatic rings. The van der Waals surface area contributed by atoms with E-state index < -0.39 is 0 Å². The number of nitrogens with one attached hydrogen (secondary N) is 1. The van der Waals surface area contributed by atoms with E-state index in [1.807, 2.05) is 48.8 Å². The van der Waals surface area contributed by atoms with Crippen LogP contribution in [-0.2, 0) is 0 Å². The minimum atomic E-state index is 0.0216. The molecule has 4 aromatic heterocycles. The molecule has 0 spiro atoms. The number of thioether (sulfide) groups is 1. The van der Waals surface area contributed by atoms with Crippen LogP contribution in [0.5, 0.6) is 0 Å². The molecular weight excluding hydrogens is 364 g/mol. The van der Waals surface area contributed by atoms with Gasteiger partial charge in [0.1, 0.15) is 6.33 Å². The number of hydrogen-bond donors (Lipinski definition) is 1. The first-order valence-corrected chi connectivity index (χ1v) is 9.34. The quantitative estimate of drug-likeness (QED) is 0.417. The lowest BCUT2D eigenvalue weighted by Crippen LogP contribution is -2.07. The van der Waals surface area contributed by atoms with Crippen molar-refractivity contribution < 1.29 is 4.79 Å². The molecule has 0 aromatic carbocycles. The van der Waals surface area contributed by atoms with Gasteiger partial charge >= 0.3 is 0 Å². The van der Waals surface area contributed by atoms with E-state index >= 15 is 0 Å². The van der Waals surface area contributed by atoms with Gasteiger partial charge < -0.3 is 0 Å². The van der Waals surface area contributed by atoms with Gasteiger partial charge in [0, 0.05) is 28.3 Å². The van der Waals surface area contributed by atoms with Crippen LogP contribution in [-0.4, -0.2) is 50.9 Å².